The Hall–Kier alpha value is -1.07. The molecule has 7 unspecified atom stereocenters. The number of hydrogen-bond donors (Lipinski definition) is 6. The first kappa shape index (κ1) is 43.0. The molecule has 1 aliphatic heterocycles. The molecule has 9 heteroatoms. The summed E-state index contributed by atoms with van der Waals surface area (Å²) in [6, 6.07) is -0.794. The highest BCUT2D eigenvalue weighted by molar-refractivity contribution is 5.76. The Labute approximate surface area is 280 Å². The van der Waals surface area contributed by atoms with Crippen molar-refractivity contribution in [1.82, 2.24) is 5.32 Å². The van der Waals surface area contributed by atoms with Gasteiger partial charge >= 0.3 is 0 Å². The SMILES string of the molecule is CCCCCCCCCCCCCCCCCC/C=C/C(O)C(COC1OC(CO)C(O)C(O)C1O)NC(=O)CCCCCCC. The average Bonchev–Trinajstić information content (AvgIpc) is 3.05. The van der Waals surface area contributed by atoms with E-state index < -0.39 is 49.5 Å². The molecule has 1 aliphatic rings. The van der Waals surface area contributed by atoms with Crippen molar-refractivity contribution < 1.29 is 39.8 Å². The average molecular weight is 658 g/mol. The lowest BCUT2D eigenvalue weighted by molar-refractivity contribution is -0.302. The number of aliphatic hydroxyl groups excluding tert-OH is 5. The molecule has 1 rings (SSSR count). The standard InChI is InChI=1S/C37H71NO8/c1-3-5-7-9-10-11-12-13-14-15-16-17-18-19-20-21-23-24-26-31(40)30(38-33(41)27-25-22-8-6-4-2)29-45-37-36(44)35(43)34(42)32(28-39)46-37/h24,26,30-32,34-37,39-40,42-44H,3-23,25,27-29H2,1-2H3,(H,38,41)/b26-24+. The van der Waals surface area contributed by atoms with Gasteiger partial charge in [0.1, 0.15) is 24.4 Å². The molecule has 1 saturated heterocycles. The summed E-state index contributed by atoms with van der Waals surface area (Å²) < 4.78 is 11.1. The maximum Gasteiger partial charge on any atom is 0.220 e. The highest BCUT2D eigenvalue weighted by Crippen LogP contribution is 2.22. The number of aliphatic hydroxyl groups is 5. The van der Waals surface area contributed by atoms with E-state index in [4.69, 9.17) is 9.47 Å². The van der Waals surface area contributed by atoms with Crippen LogP contribution in [0, 0.1) is 0 Å². The van der Waals surface area contributed by atoms with Gasteiger partial charge in [-0.05, 0) is 19.3 Å². The third-order valence-corrected chi connectivity index (χ3v) is 9.11. The minimum absolute atomic E-state index is 0.186. The van der Waals surface area contributed by atoms with Crippen molar-refractivity contribution in [3.05, 3.63) is 12.2 Å². The number of rotatable bonds is 30. The van der Waals surface area contributed by atoms with Crippen LogP contribution in [0.15, 0.2) is 12.2 Å². The zero-order valence-corrected chi connectivity index (χ0v) is 29.3. The van der Waals surface area contributed by atoms with Crippen LogP contribution in [0.1, 0.15) is 162 Å². The van der Waals surface area contributed by atoms with E-state index in [2.05, 4.69) is 19.2 Å². The second-order valence-corrected chi connectivity index (χ2v) is 13.4. The molecule has 1 amide bonds. The largest absolute Gasteiger partial charge is 0.394 e. The molecule has 1 fully saturated rings. The van der Waals surface area contributed by atoms with Gasteiger partial charge in [0.2, 0.25) is 5.91 Å². The van der Waals surface area contributed by atoms with Crippen molar-refractivity contribution in [2.75, 3.05) is 13.2 Å². The molecule has 1 heterocycles. The Kier molecular flexibility index (Phi) is 27.0. The van der Waals surface area contributed by atoms with Gasteiger partial charge in [-0.2, -0.15) is 0 Å². The number of carbonyl (C=O) groups excluding carboxylic acids is 1. The minimum Gasteiger partial charge on any atom is -0.394 e. The summed E-state index contributed by atoms with van der Waals surface area (Å²) >= 11 is 0. The van der Waals surface area contributed by atoms with Gasteiger partial charge in [0.15, 0.2) is 6.29 Å². The highest BCUT2D eigenvalue weighted by Gasteiger charge is 2.44. The minimum atomic E-state index is -1.56. The molecule has 0 aromatic rings. The molecular weight excluding hydrogens is 586 g/mol. The van der Waals surface area contributed by atoms with E-state index in [1.54, 1.807) is 6.08 Å². The number of amides is 1. The summed E-state index contributed by atoms with van der Waals surface area (Å²) in [4.78, 5) is 12.7. The predicted octanol–water partition coefficient (Wildman–Crippen LogP) is 6.22. The van der Waals surface area contributed by atoms with E-state index in [0.717, 1.165) is 51.4 Å². The Morgan fingerprint density at radius 2 is 1.20 bits per heavy atom. The quantitative estimate of drug-likeness (QED) is 0.0394. The third-order valence-electron chi connectivity index (χ3n) is 9.11. The molecule has 272 valence electrons. The van der Waals surface area contributed by atoms with E-state index in [0.29, 0.717) is 6.42 Å². The van der Waals surface area contributed by atoms with E-state index in [1.807, 2.05) is 6.08 Å². The molecule has 0 spiro atoms. The van der Waals surface area contributed by atoms with Crippen LogP contribution in [-0.4, -0.2) is 87.5 Å². The molecule has 0 aliphatic carbocycles. The van der Waals surface area contributed by atoms with Gasteiger partial charge in [-0.15, -0.1) is 0 Å². The van der Waals surface area contributed by atoms with Crippen LogP contribution >= 0.6 is 0 Å². The molecule has 0 aromatic heterocycles. The summed E-state index contributed by atoms with van der Waals surface area (Å²) in [6.45, 7) is 3.66. The van der Waals surface area contributed by atoms with Crippen molar-refractivity contribution in [2.45, 2.75) is 204 Å². The van der Waals surface area contributed by atoms with E-state index >= 15 is 0 Å². The second kappa shape index (κ2) is 28.9. The molecule has 0 saturated carbocycles. The molecular formula is C37H71NO8. The Morgan fingerprint density at radius 1 is 0.717 bits per heavy atom. The number of hydrogen-bond acceptors (Lipinski definition) is 8. The maximum atomic E-state index is 12.7. The van der Waals surface area contributed by atoms with Gasteiger partial charge in [0, 0.05) is 6.42 Å². The van der Waals surface area contributed by atoms with Gasteiger partial charge in [-0.1, -0.05) is 148 Å². The number of carbonyl (C=O) groups is 1. The third kappa shape index (κ3) is 20.3. The maximum absolute atomic E-state index is 12.7. The first-order valence-electron chi connectivity index (χ1n) is 18.9. The Bertz CT molecular complexity index is 736. The molecule has 9 nitrogen and oxygen atoms in total. The van der Waals surface area contributed by atoms with E-state index in [9.17, 15) is 30.3 Å². The fraction of sp³-hybridized carbons (Fsp3) is 0.919. The number of nitrogens with one attached hydrogen (secondary N) is 1. The van der Waals surface area contributed by atoms with Crippen LogP contribution < -0.4 is 5.32 Å². The summed E-state index contributed by atoms with van der Waals surface area (Å²) in [5, 5.41) is 53.6. The molecule has 0 aromatic carbocycles. The zero-order chi connectivity index (χ0) is 33.8. The summed E-state index contributed by atoms with van der Waals surface area (Å²) in [6.07, 6.45) is 23.0. The molecule has 0 radical (unpaired) electrons. The van der Waals surface area contributed by atoms with Crippen molar-refractivity contribution >= 4 is 5.91 Å². The van der Waals surface area contributed by atoms with Gasteiger partial charge < -0.3 is 40.3 Å². The summed E-state index contributed by atoms with van der Waals surface area (Å²) in [7, 11) is 0. The lowest BCUT2D eigenvalue weighted by Crippen LogP contribution is -2.60. The molecule has 6 N–H and O–H groups in total. The molecule has 0 bridgehead atoms. The molecule has 7 atom stereocenters. The van der Waals surface area contributed by atoms with Crippen molar-refractivity contribution in [3.63, 3.8) is 0 Å². The van der Waals surface area contributed by atoms with Gasteiger partial charge in [-0.25, -0.2) is 0 Å². The molecule has 46 heavy (non-hydrogen) atoms. The van der Waals surface area contributed by atoms with Gasteiger partial charge in [0.05, 0.1) is 25.4 Å². The van der Waals surface area contributed by atoms with Crippen molar-refractivity contribution in [3.8, 4) is 0 Å². The normalized spacial score (nSPS) is 23.2. The van der Waals surface area contributed by atoms with Crippen LogP contribution in [0.25, 0.3) is 0 Å². The predicted molar refractivity (Wildman–Crippen MR) is 184 cm³/mol. The van der Waals surface area contributed by atoms with Gasteiger partial charge in [-0.3, -0.25) is 4.79 Å². The van der Waals surface area contributed by atoms with Crippen LogP contribution in [0.2, 0.25) is 0 Å². The smallest absolute Gasteiger partial charge is 0.220 e. The summed E-state index contributed by atoms with van der Waals surface area (Å²) in [5.74, 6) is -0.191. The van der Waals surface area contributed by atoms with Crippen LogP contribution in [0.5, 0.6) is 0 Å². The zero-order valence-electron chi connectivity index (χ0n) is 29.3. The lowest BCUT2D eigenvalue weighted by Gasteiger charge is -2.40. The topological polar surface area (TPSA) is 149 Å². The van der Waals surface area contributed by atoms with Crippen LogP contribution in [-0.2, 0) is 14.3 Å². The fourth-order valence-corrected chi connectivity index (χ4v) is 5.98. The van der Waals surface area contributed by atoms with E-state index in [-0.39, 0.29) is 12.5 Å². The number of allylic oxidation sites excluding steroid dienone is 1. The van der Waals surface area contributed by atoms with Crippen molar-refractivity contribution in [2.24, 2.45) is 0 Å². The monoisotopic (exact) mass is 658 g/mol. The highest BCUT2D eigenvalue weighted by atomic mass is 16.7. The van der Waals surface area contributed by atoms with Crippen LogP contribution in [0.3, 0.4) is 0 Å². The number of ether oxygens (including phenoxy) is 2. The van der Waals surface area contributed by atoms with E-state index in [1.165, 1.54) is 89.9 Å². The lowest BCUT2D eigenvalue weighted by atomic mass is 9.99. The fourth-order valence-electron chi connectivity index (χ4n) is 5.98. The Morgan fingerprint density at radius 3 is 1.70 bits per heavy atom. The first-order valence-corrected chi connectivity index (χ1v) is 18.9. The second-order valence-electron chi connectivity index (χ2n) is 13.4. The Balaban J connectivity index is 2.34. The van der Waals surface area contributed by atoms with Gasteiger partial charge in [0.25, 0.3) is 0 Å². The summed E-state index contributed by atoms with van der Waals surface area (Å²) in [5.41, 5.74) is 0. The van der Waals surface area contributed by atoms with Crippen LogP contribution in [0.4, 0.5) is 0 Å². The van der Waals surface area contributed by atoms with Crippen molar-refractivity contribution in [1.29, 1.82) is 0 Å². The first-order chi connectivity index (χ1) is 22.3. The number of unbranched alkanes of at least 4 members (excludes halogenated alkanes) is 20.